The number of carbonyl (C=O) groups is 1. The third-order valence-corrected chi connectivity index (χ3v) is 2.92. The molecular weight excluding hydrogens is 281 g/mol. The fourth-order valence-corrected chi connectivity index (χ4v) is 1.71. The fourth-order valence-electron chi connectivity index (χ4n) is 1.71. The van der Waals surface area contributed by atoms with E-state index in [0.717, 1.165) is 5.69 Å². The number of pyridine rings is 1. The second kappa shape index (κ2) is 8.67. The number of amidine groups is 1. The Balaban J connectivity index is 0.00000116. The molecule has 0 aliphatic heterocycles. The maximum atomic E-state index is 13.1. The van der Waals surface area contributed by atoms with Crippen LogP contribution in [0.4, 0.5) is 15.8 Å². The van der Waals surface area contributed by atoms with Crippen LogP contribution < -0.4 is 4.90 Å². The minimum Gasteiger partial charge on any atom is -0.332 e. The average Bonchev–Trinajstić information content (AvgIpc) is 2.58. The van der Waals surface area contributed by atoms with Crippen molar-refractivity contribution in [1.82, 2.24) is 4.98 Å². The lowest BCUT2D eigenvalue weighted by Crippen LogP contribution is -2.23. The van der Waals surface area contributed by atoms with Gasteiger partial charge in [-0.3, -0.25) is 9.78 Å². The van der Waals surface area contributed by atoms with E-state index in [-0.39, 0.29) is 5.56 Å². The zero-order chi connectivity index (χ0) is 16.5. The molecule has 1 heterocycles. The molecule has 0 bridgehead atoms. The summed E-state index contributed by atoms with van der Waals surface area (Å²) >= 11 is 0. The first-order chi connectivity index (χ1) is 10.6. The van der Waals surface area contributed by atoms with Crippen molar-refractivity contribution in [3.8, 4) is 0 Å². The number of rotatable bonds is 3. The summed E-state index contributed by atoms with van der Waals surface area (Å²) in [5, 5.41) is 0. The predicted octanol–water partition coefficient (Wildman–Crippen LogP) is 4.25. The highest BCUT2D eigenvalue weighted by Crippen LogP contribution is 2.20. The number of carbonyl (C=O) groups excluding carboxylic acids is 1. The van der Waals surface area contributed by atoms with E-state index >= 15 is 0 Å². The monoisotopic (exact) mass is 301 g/mol. The molecule has 1 aromatic carbocycles. The van der Waals surface area contributed by atoms with Gasteiger partial charge in [-0.15, -0.1) is 0 Å². The molecule has 0 saturated heterocycles. The molecule has 1 aromatic heterocycles. The van der Waals surface area contributed by atoms with Gasteiger partial charge in [0.25, 0.3) is 0 Å². The summed E-state index contributed by atoms with van der Waals surface area (Å²) in [6, 6.07) is 7.66. The first kappa shape index (κ1) is 17.5. The van der Waals surface area contributed by atoms with Gasteiger partial charge in [-0.1, -0.05) is 13.8 Å². The number of hydrogen-bond acceptors (Lipinski definition) is 3. The molecule has 0 radical (unpaired) electrons. The molecule has 4 nitrogen and oxygen atoms in total. The van der Waals surface area contributed by atoms with Crippen molar-refractivity contribution in [2.24, 2.45) is 4.99 Å². The fraction of sp³-hybridized carbons (Fsp3) is 0.235. The predicted molar refractivity (Wildman–Crippen MR) is 88.5 cm³/mol. The van der Waals surface area contributed by atoms with Crippen LogP contribution in [0.25, 0.3) is 0 Å². The highest BCUT2D eigenvalue weighted by atomic mass is 19.1. The Morgan fingerprint density at radius 2 is 2.05 bits per heavy atom. The normalized spacial score (nSPS) is 10.5. The average molecular weight is 301 g/mol. The Labute approximate surface area is 130 Å². The molecule has 5 heteroatoms. The summed E-state index contributed by atoms with van der Waals surface area (Å²) in [6.45, 7) is 5.81. The lowest BCUT2D eigenvalue weighted by molar-refractivity contribution is 0.112. The van der Waals surface area contributed by atoms with Gasteiger partial charge in [-0.05, 0) is 37.3 Å². The lowest BCUT2D eigenvalue weighted by Gasteiger charge is -2.18. The number of hydrogen-bond donors (Lipinski definition) is 0. The van der Waals surface area contributed by atoms with Crippen LogP contribution in [-0.2, 0) is 0 Å². The molecule has 0 aliphatic carbocycles. The maximum absolute atomic E-state index is 13.1. The van der Waals surface area contributed by atoms with Crippen LogP contribution in [0, 0.1) is 5.82 Å². The molecule has 0 unspecified atom stereocenters. The zero-order valence-electron chi connectivity index (χ0n) is 13.2. The molecule has 0 atom stereocenters. The smallest absolute Gasteiger partial charge is 0.152 e. The van der Waals surface area contributed by atoms with Crippen LogP contribution in [0.5, 0.6) is 0 Å². The van der Waals surface area contributed by atoms with Crippen LogP contribution in [0.15, 0.2) is 47.7 Å². The highest BCUT2D eigenvalue weighted by Gasteiger charge is 2.07. The molecule has 2 aromatic rings. The van der Waals surface area contributed by atoms with Crippen molar-refractivity contribution in [2.75, 3.05) is 11.9 Å². The quantitative estimate of drug-likeness (QED) is 0.484. The van der Waals surface area contributed by atoms with E-state index in [1.54, 1.807) is 12.4 Å². The van der Waals surface area contributed by atoms with Crippen LogP contribution in [-0.4, -0.2) is 24.2 Å². The van der Waals surface area contributed by atoms with Gasteiger partial charge in [0, 0.05) is 18.8 Å². The number of anilines is 1. The highest BCUT2D eigenvalue weighted by molar-refractivity contribution is 5.98. The van der Waals surface area contributed by atoms with Gasteiger partial charge < -0.3 is 4.90 Å². The van der Waals surface area contributed by atoms with E-state index < -0.39 is 5.82 Å². The van der Waals surface area contributed by atoms with E-state index in [1.807, 2.05) is 44.9 Å². The molecule has 2 rings (SSSR count). The third-order valence-electron chi connectivity index (χ3n) is 2.92. The topological polar surface area (TPSA) is 45.6 Å². The third kappa shape index (κ3) is 4.48. The van der Waals surface area contributed by atoms with Gasteiger partial charge >= 0.3 is 0 Å². The Hall–Kier alpha value is -2.56. The Bertz CT molecular complexity index is 642. The minimum absolute atomic E-state index is 0.226. The number of aliphatic imine (C=N–C) groups is 1. The number of nitrogens with zero attached hydrogens (tertiary/aromatic N) is 3. The summed E-state index contributed by atoms with van der Waals surface area (Å²) in [5.74, 6) is 0.219. The van der Waals surface area contributed by atoms with Crippen molar-refractivity contribution in [1.29, 1.82) is 0 Å². The molecule has 0 aliphatic rings. The van der Waals surface area contributed by atoms with Gasteiger partial charge in [-0.25, -0.2) is 9.38 Å². The first-order valence-corrected chi connectivity index (χ1v) is 7.05. The standard InChI is InChI=1S/C15H14FN3O.C2H6/c1-11(19(2)14-4-3-7-17-9-14)18-15-6-5-13(16)8-12(15)10-20;1-2/h3-10H,1-2H3;1-2H3. The second-order valence-corrected chi connectivity index (χ2v) is 4.25. The summed E-state index contributed by atoms with van der Waals surface area (Å²) in [7, 11) is 1.85. The van der Waals surface area contributed by atoms with E-state index in [9.17, 15) is 9.18 Å². The van der Waals surface area contributed by atoms with E-state index in [4.69, 9.17) is 0 Å². The van der Waals surface area contributed by atoms with Crippen molar-refractivity contribution in [2.45, 2.75) is 20.8 Å². The molecule has 0 fully saturated rings. The Morgan fingerprint density at radius 3 is 2.64 bits per heavy atom. The number of aromatic nitrogens is 1. The Morgan fingerprint density at radius 1 is 1.32 bits per heavy atom. The summed E-state index contributed by atoms with van der Waals surface area (Å²) < 4.78 is 13.1. The molecule has 22 heavy (non-hydrogen) atoms. The summed E-state index contributed by atoms with van der Waals surface area (Å²) in [5.41, 5.74) is 1.54. The summed E-state index contributed by atoms with van der Waals surface area (Å²) in [4.78, 5) is 21.2. The molecule has 0 saturated carbocycles. The number of aldehydes is 1. The van der Waals surface area contributed by atoms with Crippen LogP contribution in [0.1, 0.15) is 31.1 Å². The van der Waals surface area contributed by atoms with Gasteiger partial charge in [0.05, 0.1) is 17.6 Å². The van der Waals surface area contributed by atoms with Gasteiger partial charge in [-0.2, -0.15) is 0 Å². The van der Waals surface area contributed by atoms with Crippen LogP contribution in [0.3, 0.4) is 0 Å². The van der Waals surface area contributed by atoms with Gasteiger partial charge in [0.1, 0.15) is 11.7 Å². The minimum atomic E-state index is -0.454. The maximum Gasteiger partial charge on any atom is 0.152 e. The molecule has 0 spiro atoms. The van der Waals surface area contributed by atoms with Crippen LogP contribution in [0.2, 0.25) is 0 Å². The van der Waals surface area contributed by atoms with Crippen molar-refractivity contribution >= 4 is 23.5 Å². The number of benzene rings is 1. The first-order valence-electron chi connectivity index (χ1n) is 7.05. The second-order valence-electron chi connectivity index (χ2n) is 4.25. The number of halogens is 1. The Kier molecular flexibility index (Phi) is 6.89. The SMILES string of the molecule is CC.CC(=Nc1ccc(F)cc1C=O)N(C)c1cccnc1. The summed E-state index contributed by atoms with van der Waals surface area (Å²) in [6.07, 6.45) is 4.00. The van der Waals surface area contributed by atoms with Gasteiger partial charge in [0.15, 0.2) is 6.29 Å². The van der Waals surface area contributed by atoms with Crippen molar-refractivity contribution in [3.05, 3.63) is 54.1 Å². The van der Waals surface area contributed by atoms with E-state index in [2.05, 4.69) is 9.98 Å². The zero-order valence-corrected chi connectivity index (χ0v) is 13.2. The van der Waals surface area contributed by atoms with Crippen molar-refractivity contribution in [3.63, 3.8) is 0 Å². The molecule has 116 valence electrons. The lowest BCUT2D eigenvalue weighted by atomic mass is 10.2. The molecular formula is C17H20FN3O. The van der Waals surface area contributed by atoms with E-state index in [1.165, 1.54) is 18.2 Å². The van der Waals surface area contributed by atoms with Crippen molar-refractivity contribution < 1.29 is 9.18 Å². The largest absolute Gasteiger partial charge is 0.332 e. The molecule has 0 N–H and O–H groups in total. The van der Waals surface area contributed by atoms with Crippen LogP contribution >= 0.6 is 0 Å². The molecule has 0 amide bonds. The van der Waals surface area contributed by atoms with Gasteiger partial charge in [0.2, 0.25) is 0 Å². The van der Waals surface area contributed by atoms with E-state index in [0.29, 0.717) is 17.8 Å².